The molecule has 0 aliphatic heterocycles. The largest absolute Gasteiger partial charge is 0.488 e. The fourth-order valence-electron chi connectivity index (χ4n) is 2.48. The Hall–Kier alpha value is -1.94. The Morgan fingerprint density at radius 3 is 2.18 bits per heavy atom. The fourth-order valence-corrected chi connectivity index (χ4v) is 2.48. The summed E-state index contributed by atoms with van der Waals surface area (Å²) in [6.45, 7) is 4.29. The second kappa shape index (κ2) is 7.36. The molecule has 118 valence electrons. The van der Waals surface area contributed by atoms with Gasteiger partial charge in [-0.15, -0.1) is 0 Å². The van der Waals surface area contributed by atoms with Crippen molar-refractivity contribution < 1.29 is 13.5 Å². The Balaban J connectivity index is 2.13. The van der Waals surface area contributed by atoms with Crippen molar-refractivity contribution in [2.45, 2.75) is 39.3 Å². The van der Waals surface area contributed by atoms with Gasteiger partial charge < -0.3 is 10.5 Å². The molecule has 22 heavy (non-hydrogen) atoms. The molecule has 2 rings (SSSR count). The van der Waals surface area contributed by atoms with Crippen LogP contribution in [0.25, 0.3) is 0 Å². The third kappa shape index (κ3) is 4.28. The molecule has 0 aromatic heterocycles. The second-order valence-corrected chi connectivity index (χ2v) is 5.49. The predicted octanol–water partition coefficient (Wildman–Crippen LogP) is 4.54. The summed E-state index contributed by atoms with van der Waals surface area (Å²) in [5.74, 6) is 0.789. The third-order valence-electron chi connectivity index (χ3n) is 3.57. The Labute approximate surface area is 129 Å². The number of rotatable bonds is 6. The van der Waals surface area contributed by atoms with E-state index in [2.05, 4.69) is 0 Å². The maximum atomic E-state index is 12.5. The second-order valence-electron chi connectivity index (χ2n) is 5.49. The molecule has 0 amide bonds. The van der Waals surface area contributed by atoms with Crippen molar-refractivity contribution in [1.82, 2.24) is 0 Å². The number of aryl methyl sites for hydroxylation is 2. The summed E-state index contributed by atoms with van der Waals surface area (Å²) in [7, 11) is 0. The molecule has 0 spiro atoms. The highest BCUT2D eigenvalue weighted by Crippen LogP contribution is 2.29. The van der Waals surface area contributed by atoms with E-state index in [0.29, 0.717) is 6.61 Å². The van der Waals surface area contributed by atoms with Gasteiger partial charge in [0.1, 0.15) is 12.4 Å². The molecular weight excluding hydrogens is 284 g/mol. The molecule has 2 N–H and O–H groups in total. The van der Waals surface area contributed by atoms with Crippen LogP contribution in [0, 0.1) is 13.8 Å². The van der Waals surface area contributed by atoms with Gasteiger partial charge in [0.2, 0.25) is 6.43 Å². The van der Waals surface area contributed by atoms with Crippen LogP contribution < -0.4 is 10.5 Å². The van der Waals surface area contributed by atoms with Gasteiger partial charge in [-0.3, -0.25) is 0 Å². The van der Waals surface area contributed by atoms with Gasteiger partial charge in [0.05, 0.1) is 0 Å². The molecule has 0 aliphatic rings. The topological polar surface area (TPSA) is 35.2 Å². The highest BCUT2D eigenvalue weighted by atomic mass is 19.3. The van der Waals surface area contributed by atoms with Crippen LogP contribution in [0.5, 0.6) is 5.75 Å². The van der Waals surface area contributed by atoms with Gasteiger partial charge in [0.25, 0.3) is 0 Å². The molecule has 0 aliphatic carbocycles. The van der Waals surface area contributed by atoms with Crippen molar-refractivity contribution in [2.75, 3.05) is 0 Å². The Morgan fingerprint density at radius 1 is 1.05 bits per heavy atom. The lowest BCUT2D eigenvalue weighted by molar-refractivity contribution is 0.128. The van der Waals surface area contributed by atoms with E-state index in [-0.39, 0.29) is 6.42 Å². The lowest BCUT2D eigenvalue weighted by atomic mass is 9.99. The van der Waals surface area contributed by atoms with Gasteiger partial charge in [0, 0.05) is 12.5 Å². The van der Waals surface area contributed by atoms with Crippen LogP contribution in [-0.4, -0.2) is 6.43 Å². The smallest absolute Gasteiger partial charge is 0.240 e. The summed E-state index contributed by atoms with van der Waals surface area (Å²) in [6, 6.07) is 12.9. The number of hydrogen-bond acceptors (Lipinski definition) is 2. The SMILES string of the molecule is Cc1cc([C@H](N)CC(F)F)cc(C)c1OCc1ccccc1. The molecule has 2 nitrogen and oxygen atoms in total. The molecule has 0 heterocycles. The van der Waals surface area contributed by atoms with Crippen molar-refractivity contribution in [3.8, 4) is 5.75 Å². The van der Waals surface area contributed by atoms with Crippen LogP contribution in [0.4, 0.5) is 8.78 Å². The van der Waals surface area contributed by atoms with Crippen LogP contribution in [-0.2, 0) is 6.61 Å². The first-order valence-corrected chi connectivity index (χ1v) is 7.29. The van der Waals surface area contributed by atoms with E-state index >= 15 is 0 Å². The van der Waals surface area contributed by atoms with Crippen molar-refractivity contribution in [3.05, 3.63) is 64.7 Å². The van der Waals surface area contributed by atoms with Gasteiger partial charge in [-0.1, -0.05) is 42.5 Å². The van der Waals surface area contributed by atoms with Crippen molar-refractivity contribution in [3.63, 3.8) is 0 Å². The Bertz CT molecular complexity index is 591. The number of hydrogen-bond donors (Lipinski definition) is 1. The quantitative estimate of drug-likeness (QED) is 0.850. The molecule has 4 heteroatoms. The highest BCUT2D eigenvalue weighted by Gasteiger charge is 2.15. The zero-order valence-corrected chi connectivity index (χ0v) is 12.9. The summed E-state index contributed by atoms with van der Waals surface area (Å²) < 4.78 is 30.8. The van der Waals surface area contributed by atoms with E-state index < -0.39 is 12.5 Å². The average molecular weight is 305 g/mol. The molecule has 0 fully saturated rings. The van der Waals surface area contributed by atoms with Crippen LogP contribution in [0.1, 0.15) is 34.7 Å². The minimum atomic E-state index is -2.40. The van der Waals surface area contributed by atoms with Crippen molar-refractivity contribution in [1.29, 1.82) is 0 Å². The van der Waals surface area contributed by atoms with Crippen LogP contribution in [0.3, 0.4) is 0 Å². The summed E-state index contributed by atoms with van der Waals surface area (Å²) in [6.07, 6.45) is -2.73. The van der Waals surface area contributed by atoms with E-state index in [1.807, 2.05) is 56.3 Å². The molecule has 0 saturated heterocycles. The van der Waals surface area contributed by atoms with E-state index in [1.54, 1.807) is 0 Å². The number of alkyl halides is 2. The molecule has 0 saturated carbocycles. The number of halogens is 2. The van der Waals surface area contributed by atoms with Gasteiger partial charge in [-0.2, -0.15) is 0 Å². The molecule has 2 aromatic rings. The molecular formula is C18H21F2NO. The zero-order valence-electron chi connectivity index (χ0n) is 12.9. The van der Waals surface area contributed by atoms with Crippen LogP contribution in [0.15, 0.2) is 42.5 Å². The number of benzene rings is 2. The van der Waals surface area contributed by atoms with Crippen LogP contribution >= 0.6 is 0 Å². The highest BCUT2D eigenvalue weighted by molar-refractivity contribution is 5.44. The first-order chi connectivity index (χ1) is 10.5. The Morgan fingerprint density at radius 2 is 1.64 bits per heavy atom. The Kier molecular flexibility index (Phi) is 5.50. The molecule has 2 aromatic carbocycles. The maximum Gasteiger partial charge on any atom is 0.240 e. The minimum absolute atomic E-state index is 0.330. The summed E-state index contributed by atoms with van der Waals surface area (Å²) >= 11 is 0. The standard InChI is InChI=1S/C18H21F2NO/c1-12-8-15(16(21)10-17(19)20)9-13(2)18(12)22-11-14-6-4-3-5-7-14/h3-9,16-17H,10-11,21H2,1-2H3/t16-/m1/s1. The zero-order chi connectivity index (χ0) is 16.1. The number of nitrogens with two attached hydrogens (primary N) is 1. The van der Waals surface area contributed by atoms with E-state index in [0.717, 1.165) is 28.0 Å². The lowest BCUT2D eigenvalue weighted by Crippen LogP contribution is -2.14. The van der Waals surface area contributed by atoms with Gasteiger partial charge in [-0.05, 0) is 36.1 Å². The normalized spacial score (nSPS) is 12.5. The summed E-state index contributed by atoms with van der Waals surface area (Å²) in [5.41, 5.74) is 9.46. The summed E-state index contributed by atoms with van der Waals surface area (Å²) in [5, 5.41) is 0. The van der Waals surface area contributed by atoms with Crippen LogP contribution in [0.2, 0.25) is 0 Å². The first-order valence-electron chi connectivity index (χ1n) is 7.29. The van der Waals surface area contributed by atoms with Crippen molar-refractivity contribution >= 4 is 0 Å². The van der Waals surface area contributed by atoms with E-state index in [9.17, 15) is 8.78 Å². The lowest BCUT2D eigenvalue weighted by Gasteiger charge is -2.17. The maximum absolute atomic E-state index is 12.5. The predicted molar refractivity (Wildman–Crippen MR) is 84.2 cm³/mol. The first kappa shape index (κ1) is 16.4. The molecule has 0 bridgehead atoms. The average Bonchev–Trinajstić information content (AvgIpc) is 2.46. The van der Waals surface area contributed by atoms with Gasteiger partial charge >= 0.3 is 0 Å². The summed E-state index contributed by atoms with van der Waals surface area (Å²) in [4.78, 5) is 0. The molecule has 1 atom stereocenters. The van der Waals surface area contributed by atoms with Crippen molar-refractivity contribution in [2.24, 2.45) is 5.73 Å². The van der Waals surface area contributed by atoms with Gasteiger partial charge in [0.15, 0.2) is 0 Å². The van der Waals surface area contributed by atoms with Gasteiger partial charge in [-0.25, -0.2) is 8.78 Å². The van der Waals surface area contributed by atoms with E-state index in [1.165, 1.54) is 0 Å². The third-order valence-corrected chi connectivity index (χ3v) is 3.57. The van der Waals surface area contributed by atoms with E-state index in [4.69, 9.17) is 10.5 Å². The molecule has 0 radical (unpaired) electrons. The monoisotopic (exact) mass is 305 g/mol. The molecule has 0 unspecified atom stereocenters. The minimum Gasteiger partial charge on any atom is -0.488 e. The number of ether oxygens (including phenoxy) is 1. The fraction of sp³-hybridized carbons (Fsp3) is 0.333.